The second kappa shape index (κ2) is 5.89. The Bertz CT molecular complexity index is 574. The molecule has 0 aliphatic carbocycles. The molecule has 0 bridgehead atoms. The first-order chi connectivity index (χ1) is 9.10. The van der Waals surface area contributed by atoms with Crippen LogP contribution in [0.3, 0.4) is 0 Å². The molecular weight excluding hydrogens is 260 g/mol. The molecule has 0 atom stereocenters. The van der Waals surface area contributed by atoms with Gasteiger partial charge in [0, 0.05) is 11.1 Å². The van der Waals surface area contributed by atoms with Crippen LogP contribution in [0.25, 0.3) is 0 Å². The van der Waals surface area contributed by atoms with Crippen LogP contribution in [0.4, 0.5) is 0 Å². The van der Waals surface area contributed by atoms with E-state index in [1.165, 1.54) is 5.56 Å². The van der Waals surface area contributed by atoms with E-state index in [0.29, 0.717) is 28.0 Å². The molecule has 0 fully saturated rings. The van der Waals surface area contributed by atoms with Gasteiger partial charge in [-0.2, -0.15) is 0 Å². The quantitative estimate of drug-likeness (QED) is 0.728. The van der Waals surface area contributed by atoms with Crippen molar-refractivity contribution in [2.75, 3.05) is 0 Å². The van der Waals surface area contributed by atoms with Crippen molar-refractivity contribution in [3.8, 4) is 11.5 Å². The minimum atomic E-state index is 0.472. The highest BCUT2D eigenvalue weighted by Gasteiger charge is 2.06. The molecule has 0 aromatic heterocycles. The summed E-state index contributed by atoms with van der Waals surface area (Å²) < 4.78 is 5.70. The Hall–Kier alpha value is -1.80. The van der Waals surface area contributed by atoms with Gasteiger partial charge in [-0.3, -0.25) is 4.79 Å². The van der Waals surface area contributed by atoms with E-state index in [4.69, 9.17) is 16.3 Å². The third-order valence-corrected chi connectivity index (χ3v) is 3.11. The number of carbonyl (C=O) groups is 1. The van der Waals surface area contributed by atoms with Gasteiger partial charge in [-0.15, -0.1) is 0 Å². The Morgan fingerprint density at radius 3 is 2.37 bits per heavy atom. The number of carbonyl (C=O) groups excluding carboxylic acids is 1. The van der Waals surface area contributed by atoms with Gasteiger partial charge < -0.3 is 4.74 Å². The second-order valence-electron chi connectivity index (χ2n) is 4.63. The monoisotopic (exact) mass is 274 g/mol. The Morgan fingerprint density at radius 2 is 1.79 bits per heavy atom. The van der Waals surface area contributed by atoms with Crippen LogP contribution in [-0.2, 0) is 0 Å². The Morgan fingerprint density at radius 1 is 1.11 bits per heavy atom. The highest BCUT2D eigenvalue weighted by Crippen LogP contribution is 2.28. The fourth-order valence-corrected chi connectivity index (χ4v) is 1.90. The highest BCUT2D eigenvalue weighted by molar-refractivity contribution is 6.30. The van der Waals surface area contributed by atoms with Crippen molar-refractivity contribution < 1.29 is 9.53 Å². The first kappa shape index (κ1) is 13.6. The maximum atomic E-state index is 10.9. The molecule has 0 radical (unpaired) electrons. The van der Waals surface area contributed by atoms with Gasteiger partial charge in [-0.05, 0) is 35.7 Å². The topological polar surface area (TPSA) is 26.3 Å². The summed E-state index contributed by atoms with van der Waals surface area (Å²) in [5.74, 6) is 1.64. The van der Waals surface area contributed by atoms with Crippen molar-refractivity contribution in [2.45, 2.75) is 19.8 Å². The first-order valence-electron chi connectivity index (χ1n) is 6.12. The summed E-state index contributed by atoms with van der Waals surface area (Å²) in [6.45, 7) is 4.27. The van der Waals surface area contributed by atoms with Crippen LogP contribution in [0.15, 0.2) is 42.5 Å². The number of halogens is 1. The molecular formula is C16H15ClO2. The third-order valence-electron chi connectivity index (χ3n) is 2.88. The molecule has 0 heterocycles. The van der Waals surface area contributed by atoms with Crippen molar-refractivity contribution in [3.63, 3.8) is 0 Å². The zero-order chi connectivity index (χ0) is 13.8. The van der Waals surface area contributed by atoms with Gasteiger partial charge in [0.15, 0.2) is 6.29 Å². The van der Waals surface area contributed by atoms with Crippen LogP contribution < -0.4 is 4.74 Å². The number of hydrogen-bond donors (Lipinski definition) is 0. The summed E-state index contributed by atoms with van der Waals surface area (Å²) >= 11 is 5.91. The zero-order valence-electron chi connectivity index (χ0n) is 10.9. The lowest BCUT2D eigenvalue weighted by atomic mass is 10.0. The van der Waals surface area contributed by atoms with Gasteiger partial charge in [0.2, 0.25) is 0 Å². The van der Waals surface area contributed by atoms with E-state index in [1.807, 2.05) is 24.3 Å². The smallest absolute Gasteiger partial charge is 0.153 e. The minimum Gasteiger partial charge on any atom is -0.457 e. The second-order valence-corrected chi connectivity index (χ2v) is 5.06. The fraction of sp³-hybridized carbons (Fsp3) is 0.188. The lowest BCUT2D eigenvalue weighted by molar-refractivity contribution is 0.112. The maximum absolute atomic E-state index is 10.9. The van der Waals surface area contributed by atoms with Crippen molar-refractivity contribution in [1.82, 2.24) is 0 Å². The van der Waals surface area contributed by atoms with Crippen LogP contribution in [0.1, 0.15) is 35.7 Å². The van der Waals surface area contributed by atoms with Crippen molar-refractivity contribution in [2.24, 2.45) is 0 Å². The molecule has 0 unspecified atom stereocenters. The lowest BCUT2D eigenvalue weighted by Crippen LogP contribution is -1.91. The average molecular weight is 275 g/mol. The van der Waals surface area contributed by atoms with Crippen LogP contribution in [0.2, 0.25) is 5.02 Å². The third kappa shape index (κ3) is 3.36. The van der Waals surface area contributed by atoms with Crippen molar-refractivity contribution in [1.29, 1.82) is 0 Å². The van der Waals surface area contributed by atoms with E-state index < -0.39 is 0 Å². The van der Waals surface area contributed by atoms with Crippen LogP contribution >= 0.6 is 11.6 Å². The average Bonchev–Trinajstić information content (AvgIpc) is 2.39. The number of aldehydes is 1. The minimum absolute atomic E-state index is 0.472. The molecule has 0 aliphatic rings. The molecule has 2 rings (SSSR count). The number of benzene rings is 2. The number of rotatable bonds is 4. The van der Waals surface area contributed by atoms with Crippen molar-refractivity contribution in [3.05, 3.63) is 58.6 Å². The van der Waals surface area contributed by atoms with E-state index in [9.17, 15) is 4.79 Å². The highest BCUT2D eigenvalue weighted by atomic mass is 35.5. The van der Waals surface area contributed by atoms with E-state index >= 15 is 0 Å². The van der Waals surface area contributed by atoms with E-state index in [1.54, 1.807) is 18.2 Å². The van der Waals surface area contributed by atoms with Gasteiger partial charge in [0.05, 0.1) is 5.56 Å². The van der Waals surface area contributed by atoms with Gasteiger partial charge >= 0.3 is 0 Å². The zero-order valence-corrected chi connectivity index (χ0v) is 11.6. The van der Waals surface area contributed by atoms with Gasteiger partial charge in [0.1, 0.15) is 11.5 Å². The van der Waals surface area contributed by atoms with Crippen LogP contribution in [-0.4, -0.2) is 6.29 Å². The standard InChI is InChI=1S/C16H15ClO2/c1-11(2)12-4-7-15(8-5-12)19-16-9-14(17)6-3-13(16)10-18/h3-11H,1-2H3. The molecule has 3 heteroatoms. The SMILES string of the molecule is CC(C)c1ccc(Oc2cc(Cl)ccc2C=O)cc1. The molecule has 0 saturated heterocycles. The molecule has 0 saturated carbocycles. The van der Waals surface area contributed by atoms with Crippen molar-refractivity contribution >= 4 is 17.9 Å². The molecule has 0 spiro atoms. The van der Waals surface area contributed by atoms with E-state index in [-0.39, 0.29) is 0 Å². The Labute approximate surface area is 118 Å². The summed E-state index contributed by atoms with van der Waals surface area (Å²) in [5, 5.41) is 0.541. The van der Waals surface area contributed by atoms with Gasteiger partial charge in [-0.25, -0.2) is 0 Å². The van der Waals surface area contributed by atoms with Crippen LogP contribution in [0, 0.1) is 0 Å². The Balaban J connectivity index is 2.25. The summed E-state index contributed by atoms with van der Waals surface area (Å²) in [6.07, 6.45) is 0.758. The molecule has 19 heavy (non-hydrogen) atoms. The summed E-state index contributed by atoms with van der Waals surface area (Å²) in [5.41, 5.74) is 1.73. The normalized spacial score (nSPS) is 10.5. The summed E-state index contributed by atoms with van der Waals surface area (Å²) in [7, 11) is 0. The summed E-state index contributed by atoms with van der Waals surface area (Å²) in [6, 6.07) is 12.8. The number of hydrogen-bond acceptors (Lipinski definition) is 2. The van der Waals surface area contributed by atoms with Gasteiger partial charge in [-0.1, -0.05) is 37.6 Å². The molecule has 2 nitrogen and oxygen atoms in total. The molecule has 2 aromatic rings. The molecule has 0 N–H and O–H groups in total. The largest absolute Gasteiger partial charge is 0.457 e. The molecule has 2 aromatic carbocycles. The predicted molar refractivity (Wildman–Crippen MR) is 77.4 cm³/mol. The van der Waals surface area contributed by atoms with Crippen LogP contribution in [0.5, 0.6) is 11.5 Å². The Kier molecular flexibility index (Phi) is 4.23. The van der Waals surface area contributed by atoms with E-state index in [0.717, 1.165) is 6.29 Å². The maximum Gasteiger partial charge on any atom is 0.153 e. The predicted octanol–water partition coefficient (Wildman–Crippen LogP) is 5.07. The molecule has 98 valence electrons. The van der Waals surface area contributed by atoms with Gasteiger partial charge in [0.25, 0.3) is 0 Å². The molecule has 0 amide bonds. The lowest BCUT2D eigenvalue weighted by Gasteiger charge is -2.10. The first-order valence-corrected chi connectivity index (χ1v) is 6.50. The number of ether oxygens (including phenoxy) is 1. The van der Waals surface area contributed by atoms with E-state index in [2.05, 4.69) is 13.8 Å². The molecule has 0 aliphatic heterocycles. The fourth-order valence-electron chi connectivity index (χ4n) is 1.74. The summed E-state index contributed by atoms with van der Waals surface area (Å²) in [4.78, 5) is 10.9.